The van der Waals surface area contributed by atoms with Crippen LogP contribution < -0.4 is 10.3 Å². The van der Waals surface area contributed by atoms with Gasteiger partial charge in [-0.25, -0.2) is 17.8 Å². The van der Waals surface area contributed by atoms with Gasteiger partial charge in [0.05, 0.1) is 12.5 Å². The molecule has 0 aliphatic heterocycles. The number of para-hydroxylation sites is 1. The molecule has 3 aromatic rings. The van der Waals surface area contributed by atoms with Gasteiger partial charge >= 0.3 is 0 Å². The summed E-state index contributed by atoms with van der Waals surface area (Å²) in [6.07, 6.45) is 2.72. The predicted molar refractivity (Wildman–Crippen MR) is 87.8 cm³/mol. The Morgan fingerprint density at radius 3 is 2.44 bits per heavy atom. The molecular formula is C16H13FN4O3S. The van der Waals surface area contributed by atoms with Gasteiger partial charge in [0, 0.05) is 5.69 Å². The molecule has 0 atom stereocenters. The van der Waals surface area contributed by atoms with E-state index in [1.165, 1.54) is 29.2 Å². The van der Waals surface area contributed by atoms with Crippen molar-refractivity contribution < 1.29 is 17.6 Å². The molecule has 3 rings (SSSR count). The second-order valence-electron chi connectivity index (χ2n) is 4.97. The van der Waals surface area contributed by atoms with Crippen molar-refractivity contribution >= 4 is 15.9 Å². The van der Waals surface area contributed by atoms with E-state index < -0.39 is 26.6 Å². The lowest BCUT2D eigenvalue weighted by molar-refractivity contribution is 0.0938. The topological polar surface area (TPSA) is 93.1 Å². The maximum absolute atomic E-state index is 13.6. The van der Waals surface area contributed by atoms with Gasteiger partial charge < -0.3 is 0 Å². The van der Waals surface area contributed by atoms with E-state index in [1.807, 2.05) is 10.9 Å². The fraction of sp³-hybridized carbons (Fsp3) is 0. The zero-order valence-corrected chi connectivity index (χ0v) is 13.6. The molecule has 0 saturated carbocycles. The highest BCUT2D eigenvalue weighted by atomic mass is 32.2. The maximum Gasteiger partial charge on any atom is 0.284 e. The number of sulfonamides is 1. The number of nitrogens with one attached hydrogen (secondary N) is 2. The third-order valence-electron chi connectivity index (χ3n) is 3.33. The minimum Gasteiger partial charge on any atom is -0.295 e. The summed E-state index contributed by atoms with van der Waals surface area (Å²) in [4.78, 5) is 17.5. The average Bonchev–Trinajstić information content (AvgIpc) is 3.10. The van der Waals surface area contributed by atoms with Crippen LogP contribution in [-0.2, 0) is 10.0 Å². The number of nitrogens with zero attached hydrogens (tertiary/aromatic N) is 2. The van der Waals surface area contributed by atoms with Crippen molar-refractivity contribution in [1.29, 1.82) is 0 Å². The minimum atomic E-state index is -4.24. The van der Waals surface area contributed by atoms with Crippen molar-refractivity contribution in [3.8, 4) is 5.69 Å². The Morgan fingerprint density at radius 2 is 1.72 bits per heavy atom. The number of carbonyl (C=O) groups excluding carboxylic acids is 1. The smallest absolute Gasteiger partial charge is 0.284 e. The van der Waals surface area contributed by atoms with E-state index in [9.17, 15) is 17.6 Å². The third kappa shape index (κ3) is 3.57. The van der Waals surface area contributed by atoms with Gasteiger partial charge in [0.1, 0.15) is 16.4 Å². The van der Waals surface area contributed by atoms with Gasteiger partial charge in [0.2, 0.25) is 0 Å². The summed E-state index contributed by atoms with van der Waals surface area (Å²) < 4.78 is 39.3. The van der Waals surface area contributed by atoms with Crippen molar-refractivity contribution in [3.63, 3.8) is 0 Å². The van der Waals surface area contributed by atoms with Gasteiger partial charge in [-0.05, 0) is 24.3 Å². The van der Waals surface area contributed by atoms with Crippen LogP contribution in [0.1, 0.15) is 10.5 Å². The zero-order valence-electron chi connectivity index (χ0n) is 12.8. The highest BCUT2D eigenvalue weighted by Gasteiger charge is 2.20. The lowest BCUT2D eigenvalue weighted by Gasteiger charge is -2.10. The number of rotatable bonds is 5. The summed E-state index contributed by atoms with van der Waals surface area (Å²) in [6.45, 7) is 0. The molecule has 2 N–H and O–H groups in total. The standard InChI is InChI=1S/C16H13FN4O3S/c17-13-8-4-5-9-15(13)25(23,24)20-19-16(22)14-10-18-11-21(14)12-6-2-1-3-7-12/h1-11,20H,(H,19,22). The Morgan fingerprint density at radius 1 is 1.04 bits per heavy atom. The molecular weight excluding hydrogens is 347 g/mol. The van der Waals surface area contributed by atoms with Crippen molar-refractivity contribution in [3.05, 3.63) is 78.6 Å². The van der Waals surface area contributed by atoms with Crippen molar-refractivity contribution in [2.45, 2.75) is 4.90 Å². The fourth-order valence-corrected chi connectivity index (χ4v) is 3.07. The van der Waals surface area contributed by atoms with E-state index in [-0.39, 0.29) is 5.69 Å². The van der Waals surface area contributed by atoms with Gasteiger partial charge in [0.25, 0.3) is 15.9 Å². The second-order valence-corrected chi connectivity index (χ2v) is 6.63. The molecule has 1 aromatic heterocycles. The molecule has 128 valence electrons. The lowest BCUT2D eigenvalue weighted by Crippen LogP contribution is -2.42. The van der Waals surface area contributed by atoms with Crippen molar-refractivity contribution in [2.24, 2.45) is 0 Å². The first-order valence-electron chi connectivity index (χ1n) is 7.13. The van der Waals surface area contributed by atoms with Crippen LogP contribution in [0.2, 0.25) is 0 Å². The minimum absolute atomic E-state index is 0.113. The van der Waals surface area contributed by atoms with Gasteiger partial charge in [0.15, 0.2) is 0 Å². The molecule has 0 bridgehead atoms. The Kier molecular flexibility index (Phi) is 4.59. The van der Waals surface area contributed by atoms with Crippen molar-refractivity contribution in [2.75, 3.05) is 0 Å². The van der Waals surface area contributed by atoms with Crippen LogP contribution in [0.4, 0.5) is 4.39 Å². The molecule has 25 heavy (non-hydrogen) atoms. The number of hydrazine groups is 1. The molecule has 0 aliphatic rings. The number of halogens is 1. The van der Waals surface area contributed by atoms with Gasteiger partial charge in [-0.15, -0.1) is 4.83 Å². The summed E-state index contributed by atoms with van der Waals surface area (Å²) in [5, 5.41) is 0. The molecule has 0 unspecified atom stereocenters. The van der Waals surface area contributed by atoms with Crippen LogP contribution in [0.5, 0.6) is 0 Å². The molecule has 0 aliphatic carbocycles. The SMILES string of the molecule is O=C(NNS(=O)(=O)c1ccccc1F)c1cncn1-c1ccccc1. The number of benzene rings is 2. The van der Waals surface area contributed by atoms with E-state index in [4.69, 9.17) is 0 Å². The highest BCUT2D eigenvalue weighted by molar-refractivity contribution is 7.89. The molecule has 0 spiro atoms. The molecule has 2 aromatic carbocycles. The van der Waals surface area contributed by atoms with Crippen LogP contribution in [0.3, 0.4) is 0 Å². The number of amides is 1. The first kappa shape index (κ1) is 16.8. The summed E-state index contributed by atoms with van der Waals surface area (Å²) in [5.74, 6) is -1.65. The fourth-order valence-electron chi connectivity index (χ4n) is 2.15. The van der Waals surface area contributed by atoms with Crippen molar-refractivity contribution in [1.82, 2.24) is 19.8 Å². The summed E-state index contributed by atoms with van der Waals surface area (Å²) >= 11 is 0. The maximum atomic E-state index is 13.6. The van der Waals surface area contributed by atoms with Gasteiger partial charge in [-0.3, -0.25) is 14.8 Å². The number of aromatic nitrogens is 2. The Hall–Kier alpha value is -3.04. The third-order valence-corrected chi connectivity index (χ3v) is 4.61. The first-order chi connectivity index (χ1) is 12.0. The number of hydrogen-bond donors (Lipinski definition) is 2. The molecule has 9 heteroatoms. The first-order valence-corrected chi connectivity index (χ1v) is 8.62. The van der Waals surface area contributed by atoms with E-state index >= 15 is 0 Å². The molecule has 7 nitrogen and oxygen atoms in total. The van der Waals surface area contributed by atoms with Gasteiger partial charge in [-0.1, -0.05) is 30.3 Å². The summed E-state index contributed by atoms with van der Waals surface area (Å²) in [6, 6.07) is 13.8. The Bertz CT molecular complexity index is 1000. The molecule has 1 amide bonds. The van der Waals surface area contributed by atoms with Crippen LogP contribution in [0, 0.1) is 5.82 Å². The van der Waals surface area contributed by atoms with E-state index in [0.29, 0.717) is 5.69 Å². The second kappa shape index (κ2) is 6.83. The molecule has 0 saturated heterocycles. The normalized spacial score (nSPS) is 11.2. The summed E-state index contributed by atoms with van der Waals surface area (Å²) in [7, 11) is -4.24. The lowest BCUT2D eigenvalue weighted by atomic mass is 10.3. The monoisotopic (exact) mass is 360 g/mol. The van der Waals surface area contributed by atoms with E-state index in [0.717, 1.165) is 12.1 Å². The van der Waals surface area contributed by atoms with Crippen LogP contribution in [0.15, 0.2) is 72.0 Å². The number of imidazole rings is 1. The predicted octanol–water partition coefficient (Wildman–Crippen LogP) is 1.63. The largest absolute Gasteiger partial charge is 0.295 e. The zero-order chi connectivity index (χ0) is 17.9. The molecule has 0 radical (unpaired) electrons. The quantitative estimate of drug-likeness (QED) is 0.677. The summed E-state index contributed by atoms with van der Waals surface area (Å²) in [5.41, 5.74) is 2.85. The molecule has 1 heterocycles. The highest BCUT2D eigenvalue weighted by Crippen LogP contribution is 2.13. The number of carbonyl (C=O) groups is 1. The Balaban J connectivity index is 1.79. The van der Waals surface area contributed by atoms with Crippen LogP contribution in [0.25, 0.3) is 5.69 Å². The van der Waals surface area contributed by atoms with Crippen LogP contribution >= 0.6 is 0 Å². The average molecular weight is 360 g/mol. The number of hydrogen-bond acceptors (Lipinski definition) is 4. The Labute approximate surface area is 143 Å². The van der Waals surface area contributed by atoms with Gasteiger partial charge in [-0.2, -0.15) is 0 Å². The van der Waals surface area contributed by atoms with E-state index in [2.05, 4.69) is 10.4 Å². The van der Waals surface area contributed by atoms with Crippen LogP contribution in [-0.4, -0.2) is 23.9 Å². The van der Waals surface area contributed by atoms with E-state index in [1.54, 1.807) is 24.3 Å². The molecule has 0 fully saturated rings.